The molecule has 0 spiro atoms. The van der Waals surface area contributed by atoms with Crippen LogP contribution >= 0.6 is 0 Å². The third kappa shape index (κ3) is 4.73. The summed E-state index contributed by atoms with van der Waals surface area (Å²) in [6, 6.07) is 9.13. The van der Waals surface area contributed by atoms with Crippen LogP contribution in [-0.4, -0.2) is 27.2 Å². The van der Waals surface area contributed by atoms with Gasteiger partial charge in [-0.1, -0.05) is 13.8 Å². The van der Waals surface area contributed by atoms with Gasteiger partial charge in [-0.15, -0.1) is 0 Å². The Morgan fingerprint density at radius 1 is 0.852 bits per heavy atom. The monoisotopic (exact) mass is 371 g/mol. The van der Waals surface area contributed by atoms with Crippen LogP contribution in [0.2, 0.25) is 0 Å². The Kier molecular flexibility index (Phi) is 6.72. The van der Waals surface area contributed by atoms with Gasteiger partial charge in [0.15, 0.2) is 0 Å². The van der Waals surface area contributed by atoms with Crippen molar-refractivity contribution in [3.63, 3.8) is 0 Å². The van der Waals surface area contributed by atoms with E-state index in [0.29, 0.717) is 23.0 Å². The van der Waals surface area contributed by atoms with Crippen LogP contribution < -0.4 is 19.5 Å². The first kappa shape index (κ1) is 20.6. The molecule has 0 aromatic heterocycles. The highest BCUT2D eigenvalue weighted by atomic mass is 16.5. The molecule has 0 saturated heterocycles. The number of carbonyl (C=O) groups excluding carboxylic acids is 1. The average Bonchev–Trinajstić information content (AvgIpc) is 2.66. The van der Waals surface area contributed by atoms with Crippen LogP contribution in [0.1, 0.15) is 59.8 Å². The van der Waals surface area contributed by atoms with E-state index in [2.05, 4.69) is 25.2 Å². The Bertz CT molecular complexity index is 792. The van der Waals surface area contributed by atoms with Crippen LogP contribution in [0, 0.1) is 6.92 Å². The van der Waals surface area contributed by atoms with Crippen molar-refractivity contribution in [2.45, 2.75) is 39.7 Å². The third-order valence-corrected chi connectivity index (χ3v) is 4.67. The van der Waals surface area contributed by atoms with Gasteiger partial charge in [0.05, 0.1) is 27.4 Å². The number of hydrogen-bond donors (Lipinski definition) is 1. The highest BCUT2D eigenvalue weighted by molar-refractivity contribution is 5.95. The lowest BCUT2D eigenvalue weighted by molar-refractivity contribution is 0.0939. The van der Waals surface area contributed by atoms with E-state index in [1.165, 1.54) is 0 Å². The maximum absolute atomic E-state index is 12.8. The molecule has 0 aliphatic heterocycles. The molecular weight excluding hydrogens is 342 g/mol. The van der Waals surface area contributed by atoms with Gasteiger partial charge in [0.25, 0.3) is 5.91 Å². The van der Waals surface area contributed by atoms with Gasteiger partial charge in [-0.2, -0.15) is 0 Å². The second-order valence-corrected chi connectivity index (χ2v) is 6.90. The number of ether oxygens (including phenoxy) is 3. The lowest BCUT2D eigenvalue weighted by Gasteiger charge is -2.21. The molecule has 2 aromatic carbocycles. The minimum atomic E-state index is -0.180. The van der Waals surface area contributed by atoms with E-state index < -0.39 is 0 Å². The van der Waals surface area contributed by atoms with Gasteiger partial charge in [-0.25, -0.2) is 0 Å². The fourth-order valence-corrected chi connectivity index (χ4v) is 3.11. The zero-order valence-corrected chi connectivity index (χ0v) is 17.2. The topological polar surface area (TPSA) is 56.8 Å². The van der Waals surface area contributed by atoms with Gasteiger partial charge >= 0.3 is 0 Å². The van der Waals surface area contributed by atoms with Crippen molar-refractivity contribution in [1.82, 2.24) is 5.32 Å². The van der Waals surface area contributed by atoms with Crippen LogP contribution in [0.15, 0.2) is 30.3 Å². The summed E-state index contributed by atoms with van der Waals surface area (Å²) in [4.78, 5) is 12.8. The molecule has 146 valence electrons. The fraction of sp³-hybridized carbons (Fsp3) is 0.409. The second kappa shape index (κ2) is 8.80. The van der Waals surface area contributed by atoms with Crippen LogP contribution in [0.5, 0.6) is 17.2 Å². The highest BCUT2D eigenvalue weighted by Crippen LogP contribution is 2.32. The van der Waals surface area contributed by atoms with E-state index in [1.54, 1.807) is 39.5 Å². The first-order valence-electron chi connectivity index (χ1n) is 9.03. The van der Waals surface area contributed by atoms with Crippen molar-refractivity contribution in [3.8, 4) is 17.2 Å². The van der Waals surface area contributed by atoms with E-state index in [1.807, 2.05) is 19.9 Å². The fourth-order valence-electron chi connectivity index (χ4n) is 3.11. The molecule has 2 aromatic rings. The minimum absolute atomic E-state index is 0.155. The summed E-state index contributed by atoms with van der Waals surface area (Å²) in [6.45, 7) is 8.26. The zero-order chi connectivity index (χ0) is 20.1. The van der Waals surface area contributed by atoms with E-state index in [4.69, 9.17) is 14.2 Å². The van der Waals surface area contributed by atoms with Gasteiger partial charge in [0.2, 0.25) is 0 Å². The molecule has 0 radical (unpaired) electrons. The molecule has 1 amide bonds. The second-order valence-electron chi connectivity index (χ2n) is 6.90. The summed E-state index contributed by atoms with van der Waals surface area (Å²) in [5, 5.41) is 3.07. The molecule has 0 aliphatic rings. The Labute approximate surface area is 161 Å². The summed E-state index contributed by atoms with van der Waals surface area (Å²) in [5.74, 6) is 2.18. The quantitative estimate of drug-likeness (QED) is 0.771. The van der Waals surface area contributed by atoms with Gasteiger partial charge in [-0.05, 0) is 60.7 Å². The van der Waals surface area contributed by atoms with E-state index in [9.17, 15) is 4.79 Å². The number of rotatable bonds is 7. The normalized spacial score (nSPS) is 11.9. The van der Waals surface area contributed by atoms with Crippen molar-refractivity contribution < 1.29 is 19.0 Å². The Morgan fingerprint density at radius 2 is 1.44 bits per heavy atom. The number of amides is 1. The van der Waals surface area contributed by atoms with E-state index in [-0.39, 0.29) is 11.9 Å². The Hall–Kier alpha value is -2.69. The molecular formula is C22H29NO4. The molecule has 0 aliphatic carbocycles. The first-order valence-corrected chi connectivity index (χ1v) is 9.03. The van der Waals surface area contributed by atoms with Gasteiger partial charge in [0.1, 0.15) is 17.2 Å². The molecule has 1 N–H and O–H groups in total. The predicted octanol–water partition coefficient (Wildman–Crippen LogP) is 4.64. The molecule has 0 saturated carbocycles. The molecule has 5 nitrogen and oxygen atoms in total. The van der Waals surface area contributed by atoms with Gasteiger partial charge < -0.3 is 19.5 Å². The standard InChI is InChI=1S/C22H29NO4/c1-13(2)19-12-20(14(3)8-21(19)27-7)15(4)23-22(24)16-9-17(25-5)11-18(10-16)26-6/h8-13,15H,1-7H3,(H,23,24). The Balaban J connectivity index is 2.30. The SMILES string of the molecule is COc1cc(OC)cc(C(=O)NC(C)c2cc(C(C)C)c(OC)cc2C)c1. The maximum Gasteiger partial charge on any atom is 0.252 e. The maximum atomic E-state index is 12.8. The van der Waals surface area contributed by atoms with E-state index in [0.717, 1.165) is 22.4 Å². The average molecular weight is 371 g/mol. The lowest BCUT2D eigenvalue weighted by Crippen LogP contribution is -2.27. The molecule has 27 heavy (non-hydrogen) atoms. The third-order valence-electron chi connectivity index (χ3n) is 4.67. The number of methoxy groups -OCH3 is 3. The number of benzene rings is 2. The number of nitrogens with one attached hydrogen (secondary N) is 1. The molecule has 0 heterocycles. The van der Waals surface area contributed by atoms with Crippen LogP contribution in [0.4, 0.5) is 0 Å². The Morgan fingerprint density at radius 3 is 1.93 bits per heavy atom. The summed E-state index contributed by atoms with van der Waals surface area (Å²) in [6.07, 6.45) is 0. The van der Waals surface area contributed by atoms with Crippen LogP contribution in [-0.2, 0) is 0 Å². The van der Waals surface area contributed by atoms with Crippen molar-refractivity contribution >= 4 is 5.91 Å². The molecule has 1 unspecified atom stereocenters. The predicted molar refractivity (Wildman–Crippen MR) is 107 cm³/mol. The summed E-state index contributed by atoms with van der Waals surface area (Å²) >= 11 is 0. The number of aryl methyl sites for hydroxylation is 1. The van der Waals surface area contributed by atoms with Gasteiger partial charge in [0, 0.05) is 11.6 Å². The molecule has 2 rings (SSSR count). The summed E-state index contributed by atoms with van der Waals surface area (Å²) < 4.78 is 16.0. The first-order chi connectivity index (χ1) is 12.8. The molecule has 5 heteroatoms. The molecule has 0 bridgehead atoms. The van der Waals surface area contributed by atoms with Crippen molar-refractivity contribution in [3.05, 3.63) is 52.6 Å². The highest BCUT2D eigenvalue weighted by Gasteiger charge is 2.18. The minimum Gasteiger partial charge on any atom is -0.497 e. The zero-order valence-electron chi connectivity index (χ0n) is 17.2. The number of carbonyl (C=O) groups is 1. The summed E-state index contributed by atoms with van der Waals surface area (Å²) in [5.41, 5.74) is 3.77. The molecule has 0 fully saturated rings. The van der Waals surface area contributed by atoms with E-state index >= 15 is 0 Å². The smallest absolute Gasteiger partial charge is 0.252 e. The van der Waals surface area contributed by atoms with Crippen LogP contribution in [0.3, 0.4) is 0 Å². The van der Waals surface area contributed by atoms with Crippen molar-refractivity contribution in [2.24, 2.45) is 0 Å². The largest absolute Gasteiger partial charge is 0.497 e. The van der Waals surface area contributed by atoms with Crippen molar-refractivity contribution in [1.29, 1.82) is 0 Å². The number of hydrogen-bond acceptors (Lipinski definition) is 4. The molecule has 1 atom stereocenters. The lowest BCUT2D eigenvalue weighted by atomic mass is 9.93. The van der Waals surface area contributed by atoms with Crippen molar-refractivity contribution in [2.75, 3.05) is 21.3 Å². The van der Waals surface area contributed by atoms with Crippen LogP contribution in [0.25, 0.3) is 0 Å². The summed E-state index contributed by atoms with van der Waals surface area (Å²) in [7, 11) is 4.81. The van der Waals surface area contributed by atoms with Gasteiger partial charge in [-0.3, -0.25) is 4.79 Å².